The molecular formula is C12H12N4O2S. The van der Waals surface area contributed by atoms with Gasteiger partial charge in [-0.2, -0.15) is 0 Å². The van der Waals surface area contributed by atoms with E-state index in [2.05, 4.69) is 15.5 Å². The molecule has 2 aromatic rings. The molecule has 0 fully saturated rings. The van der Waals surface area contributed by atoms with Crippen molar-refractivity contribution in [1.29, 1.82) is 0 Å². The first-order valence-corrected chi connectivity index (χ1v) is 6.78. The second-order valence-corrected chi connectivity index (χ2v) is 5.05. The zero-order valence-electron chi connectivity index (χ0n) is 10.3. The zero-order valence-corrected chi connectivity index (χ0v) is 11.1. The van der Waals surface area contributed by atoms with Crippen LogP contribution in [0.5, 0.6) is 5.75 Å². The number of anilines is 1. The van der Waals surface area contributed by atoms with Gasteiger partial charge >= 0.3 is 0 Å². The predicted molar refractivity (Wildman–Crippen MR) is 71.7 cm³/mol. The monoisotopic (exact) mass is 276 g/mol. The van der Waals surface area contributed by atoms with Crippen LogP contribution >= 0.6 is 11.8 Å². The highest BCUT2D eigenvalue weighted by atomic mass is 32.2. The summed E-state index contributed by atoms with van der Waals surface area (Å²) >= 11 is 1.64. The Labute approximate surface area is 114 Å². The number of fused-ring (bicyclic) bond motifs is 1. The molecular weight excluding hydrogens is 264 g/mol. The molecule has 0 saturated heterocycles. The highest BCUT2D eigenvalue weighted by Gasteiger charge is 2.19. The van der Waals surface area contributed by atoms with Crippen LogP contribution in [0.4, 0.5) is 5.95 Å². The molecule has 0 saturated carbocycles. The summed E-state index contributed by atoms with van der Waals surface area (Å²) in [6.07, 6.45) is 0. The average molecular weight is 276 g/mol. The topological polar surface area (TPSA) is 69.0 Å². The van der Waals surface area contributed by atoms with E-state index in [4.69, 9.17) is 4.74 Å². The molecule has 0 spiro atoms. The molecule has 2 heterocycles. The van der Waals surface area contributed by atoms with Gasteiger partial charge in [0.1, 0.15) is 5.75 Å². The number of amides is 1. The summed E-state index contributed by atoms with van der Waals surface area (Å²) in [4.78, 5) is 12.1. The lowest BCUT2D eigenvalue weighted by Crippen LogP contribution is -2.15. The molecule has 1 aliphatic rings. The molecule has 0 unspecified atom stereocenters. The van der Waals surface area contributed by atoms with Gasteiger partial charge in [0.15, 0.2) is 5.16 Å². The number of aromatic nitrogens is 3. The Hall–Kier alpha value is -2.02. The number of thioether (sulfide) groups is 1. The van der Waals surface area contributed by atoms with Crippen LogP contribution in [0.2, 0.25) is 0 Å². The molecule has 98 valence electrons. The van der Waals surface area contributed by atoms with Gasteiger partial charge in [0.2, 0.25) is 5.95 Å². The second kappa shape index (κ2) is 4.93. The van der Waals surface area contributed by atoms with Crippen LogP contribution in [0.3, 0.4) is 0 Å². The van der Waals surface area contributed by atoms with Crippen molar-refractivity contribution < 1.29 is 9.53 Å². The Balaban J connectivity index is 1.76. The molecule has 1 aromatic carbocycles. The SMILES string of the molecule is COc1ccc(C(=O)Nc2nnc3n2CCS3)cc1. The number of rotatable bonds is 3. The van der Waals surface area contributed by atoms with Gasteiger partial charge < -0.3 is 4.74 Å². The molecule has 1 aliphatic heterocycles. The van der Waals surface area contributed by atoms with Crippen molar-refractivity contribution in [2.75, 3.05) is 18.2 Å². The maximum Gasteiger partial charge on any atom is 0.258 e. The van der Waals surface area contributed by atoms with Crippen molar-refractivity contribution in [2.24, 2.45) is 0 Å². The number of hydrogen-bond acceptors (Lipinski definition) is 5. The quantitative estimate of drug-likeness (QED) is 0.923. The summed E-state index contributed by atoms with van der Waals surface area (Å²) in [6, 6.07) is 6.92. The molecule has 0 atom stereocenters. The maximum absolute atomic E-state index is 12.1. The number of nitrogens with one attached hydrogen (secondary N) is 1. The van der Waals surface area contributed by atoms with Crippen molar-refractivity contribution in [3.05, 3.63) is 29.8 Å². The smallest absolute Gasteiger partial charge is 0.258 e. The third-order valence-corrected chi connectivity index (χ3v) is 3.79. The van der Waals surface area contributed by atoms with Gasteiger partial charge in [0.25, 0.3) is 5.91 Å². The van der Waals surface area contributed by atoms with Crippen molar-refractivity contribution in [3.63, 3.8) is 0 Å². The molecule has 19 heavy (non-hydrogen) atoms. The van der Waals surface area contributed by atoms with E-state index in [-0.39, 0.29) is 5.91 Å². The van der Waals surface area contributed by atoms with Crippen molar-refractivity contribution >= 4 is 23.6 Å². The van der Waals surface area contributed by atoms with Gasteiger partial charge in [0, 0.05) is 17.9 Å². The summed E-state index contributed by atoms with van der Waals surface area (Å²) in [5.41, 5.74) is 0.559. The molecule has 7 heteroatoms. The van der Waals surface area contributed by atoms with E-state index in [0.717, 1.165) is 23.2 Å². The number of ether oxygens (including phenoxy) is 1. The minimum atomic E-state index is -0.199. The van der Waals surface area contributed by atoms with Gasteiger partial charge in [-0.15, -0.1) is 10.2 Å². The van der Waals surface area contributed by atoms with E-state index in [1.54, 1.807) is 43.1 Å². The highest BCUT2D eigenvalue weighted by molar-refractivity contribution is 7.99. The molecule has 0 radical (unpaired) electrons. The Bertz CT molecular complexity index is 609. The van der Waals surface area contributed by atoms with Crippen molar-refractivity contribution in [1.82, 2.24) is 14.8 Å². The van der Waals surface area contributed by atoms with E-state index in [0.29, 0.717) is 11.5 Å². The molecule has 0 aliphatic carbocycles. The minimum absolute atomic E-state index is 0.199. The first-order chi connectivity index (χ1) is 9.28. The van der Waals surface area contributed by atoms with Gasteiger partial charge in [-0.25, -0.2) is 0 Å². The number of benzene rings is 1. The largest absolute Gasteiger partial charge is 0.497 e. The average Bonchev–Trinajstić information content (AvgIpc) is 3.04. The summed E-state index contributed by atoms with van der Waals surface area (Å²) in [7, 11) is 1.59. The number of nitrogens with zero attached hydrogens (tertiary/aromatic N) is 3. The molecule has 6 nitrogen and oxygen atoms in total. The lowest BCUT2D eigenvalue weighted by molar-refractivity contribution is 0.102. The Kier molecular flexibility index (Phi) is 3.12. The zero-order chi connectivity index (χ0) is 13.2. The van der Waals surface area contributed by atoms with Crippen LogP contribution in [0.15, 0.2) is 29.4 Å². The summed E-state index contributed by atoms with van der Waals surface area (Å²) in [5.74, 6) is 1.99. The normalized spacial score (nSPS) is 13.1. The van der Waals surface area contributed by atoms with Crippen molar-refractivity contribution in [3.8, 4) is 5.75 Å². The number of methoxy groups -OCH3 is 1. The van der Waals surface area contributed by atoms with E-state index in [1.165, 1.54) is 0 Å². The van der Waals surface area contributed by atoms with E-state index >= 15 is 0 Å². The minimum Gasteiger partial charge on any atom is -0.497 e. The van der Waals surface area contributed by atoms with Gasteiger partial charge in [-0.1, -0.05) is 11.8 Å². The summed E-state index contributed by atoms with van der Waals surface area (Å²) < 4.78 is 6.96. The van der Waals surface area contributed by atoms with Crippen LogP contribution in [0.1, 0.15) is 10.4 Å². The summed E-state index contributed by atoms with van der Waals surface area (Å²) in [5, 5.41) is 11.6. The van der Waals surface area contributed by atoms with E-state index in [9.17, 15) is 4.79 Å². The van der Waals surface area contributed by atoms with Crippen LogP contribution in [0.25, 0.3) is 0 Å². The third kappa shape index (κ3) is 2.28. The lowest BCUT2D eigenvalue weighted by atomic mass is 10.2. The molecule has 0 bridgehead atoms. The maximum atomic E-state index is 12.1. The predicted octanol–water partition coefficient (Wildman–Crippen LogP) is 1.64. The fourth-order valence-corrected chi connectivity index (χ4v) is 2.72. The Morgan fingerprint density at radius 3 is 2.89 bits per heavy atom. The summed E-state index contributed by atoms with van der Waals surface area (Å²) in [6.45, 7) is 0.825. The number of carbonyl (C=O) groups is 1. The van der Waals surface area contributed by atoms with E-state index < -0.39 is 0 Å². The second-order valence-electron chi connectivity index (χ2n) is 3.99. The standard InChI is InChI=1S/C12H12N4O2S/c1-18-9-4-2-8(3-5-9)10(17)13-11-14-15-12-16(11)6-7-19-12/h2-5H,6-7H2,1H3,(H,13,14,17). The third-order valence-electron chi connectivity index (χ3n) is 2.84. The van der Waals surface area contributed by atoms with E-state index in [1.807, 2.05) is 4.57 Å². The lowest BCUT2D eigenvalue weighted by Gasteiger charge is -2.05. The molecule has 1 aromatic heterocycles. The van der Waals surface area contributed by atoms with Gasteiger partial charge in [-0.3, -0.25) is 14.7 Å². The van der Waals surface area contributed by atoms with Crippen LogP contribution in [-0.4, -0.2) is 33.5 Å². The van der Waals surface area contributed by atoms with Crippen LogP contribution in [-0.2, 0) is 6.54 Å². The molecule has 3 rings (SSSR count). The van der Waals surface area contributed by atoms with Crippen LogP contribution < -0.4 is 10.1 Å². The fourth-order valence-electron chi connectivity index (χ4n) is 1.83. The first kappa shape index (κ1) is 12.0. The van der Waals surface area contributed by atoms with Crippen LogP contribution in [0, 0.1) is 0 Å². The number of carbonyl (C=O) groups excluding carboxylic acids is 1. The Morgan fingerprint density at radius 1 is 1.37 bits per heavy atom. The molecule has 1 amide bonds. The molecule has 1 N–H and O–H groups in total. The van der Waals surface area contributed by atoms with Crippen molar-refractivity contribution in [2.45, 2.75) is 11.7 Å². The fraction of sp³-hybridized carbons (Fsp3) is 0.250. The highest BCUT2D eigenvalue weighted by Crippen LogP contribution is 2.26. The first-order valence-electron chi connectivity index (χ1n) is 5.79. The number of hydrogen-bond donors (Lipinski definition) is 1. The van der Waals surface area contributed by atoms with Gasteiger partial charge in [-0.05, 0) is 24.3 Å². The Morgan fingerprint density at radius 2 is 2.16 bits per heavy atom. The van der Waals surface area contributed by atoms with Gasteiger partial charge in [0.05, 0.1) is 7.11 Å².